The zero-order valence-corrected chi connectivity index (χ0v) is 23.4. The fourth-order valence-electron chi connectivity index (χ4n) is 4.53. The quantitative estimate of drug-likeness (QED) is 0.377. The molecule has 1 unspecified atom stereocenters. The first-order chi connectivity index (χ1) is 18.0. The molecule has 1 aliphatic heterocycles. The molecule has 0 amide bonds. The molecule has 37 heavy (non-hydrogen) atoms. The van der Waals surface area contributed by atoms with E-state index in [0.717, 1.165) is 36.6 Å². The van der Waals surface area contributed by atoms with Gasteiger partial charge in [0.2, 0.25) is 0 Å². The summed E-state index contributed by atoms with van der Waals surface area (Å²) >= 11 is 0. The number of carbonyl (C=O) groups excluding carboxylic acids is 1. The van der Waals surface area contributed by atoms with Crippen LogP contribution in [0, 0.1) is 0 Å². The van der Waals surface area contributed by atoms with E-state index in [0.29, 0.717) is 11.8 Å². The number of hydrogen-bond acceptors (Lipinski definition) is 6. The van der Waals surface area contributed by atoms with Gasteiger partial charge in [0.15, 0.2) is 11.5 Å². The van der Waals surface area contributed by atoms with Gasteiger partial charge in [0, 0.05) is 24.3 Å². The molecule has 1 fully saturated rings. The van der Waals surface area contributed by atoms with Crippen molar-refractivity contribution < 1.29 is 14.3 Å². The number of carbonyl (C=O) groups is 1. The van der Waals surface area contributed by atoms with E-state index in [1.54, 1.807) is 14.2 Å². The summed E-state index contributed by atoms with van der Waals surface area (Å²) in [4.78, 5) is 17.7. The molecule has 3 aromatic rings. The SMILES string of the molecule is C=O.CCC.COc1ccc(-c2cn(C(C)N(C)C3CCN(Cc4ccccc4)CC3)cn2)cc1OC. The van der Waals surface area contributed by atoms with Crippen LogP contribution < -0.4 is 9.47 Å². The number of piperidine rings is 1. The largest absolute Gasteiger partial charge is 0.493 e. The van der Waals surface area contributed by atoms with Crippen LogP contribution in [0.2, 0.25) is 0 Å². The normalized spacial score (nSPS) is 14.7. The van der Waals surface area contributed by atoms with E-state index in [-0.39, 0.29) is 6.17 Å². The molecule has 1 aliphatic rings. The number of hydrogen-bond donors (Lipinski definition) is 0. The predicted molar refractivity (Wildman–Crippen MR) is 151 cm³/mol. The predicted octanol–water partition coefficient (Wildman–Crippen LogP) is 5.91. The number of methoxy groups -OCH3 is 2. The lowest BCUT2D eigenvalue weighted by Gasteiger charge is -2.39. The van der Waals surface area contributed by atoms with E-state index in [1.807, 2.05) is 31.3 Å². The maximum Gasteiger partial charge on any atom is 0.161 e. The minimum atomic E-state index is 0.238. The van der Waals surface area contributed by atoms with Crippen LogP contribution in [-0.4, -0.2) is 66.5 Å². The molecule has 1 atom stereocenters. The molecular formula is C30H44N4O3. The van der Waals surface area contributed by atoms with Crippen LogP contribution in [0.25, 0.3) is 11.3 Å². The summed E-state index contributed by atoms with van der Waals surface area (Å²) in [5, 5.41) is 0. The van der Waals surface area contributed by atoms with Gasteiger partial charge in [-0.2, -0.15) is 0 Å². The Morgan fingerprint density at radius 2 is 1.65 bits per heavy atom. The number of benzene rings is 2. The summed E-state index contributed by atoms with van der Waals surface area (Å²) in [6.45, 7) is 11.8. The minimum absolute atomic E-state index is 0.238. The first-order valence-electron chi connectivity index (χ1n) is 13.0. The monoisotopic (exact) mass is 508 g/mol. The van der Waals surface area contributed by atoms with Crippen LogP contribution in [0.5, 0.6) is 11.5 Å². The number of nitrogens with zero attached hydrogens (tertiary/aromatic N) is 4. The topological polar surface area (TPSA) is 59.8 Å². The fourth-order valence-corrected chi connectivity index (χ4v) is 4.53. The third-order valence-corrected chi connectivity index (χ3v) is 6.68. The first-order valence-corrected chi connectivity index (χ1v) is 13.0. The van der Waals surface area contributed by atoms with Crippen molar-refractivity contribution in [1.29, 1.82) is 0 Å². The van der Waals surface area contributed by atoms with Gasteiger partial charge in [-0.15, -0.1) is 0 Å². The van der Waals surface area contributed by atoms with Gasteiger partial charge in [-0.3, -0.25) is 9.80 Å². The summed E-state index contributed by atoms with van der Waals surface area (Å²) < 4.78 is 13.0. The molecule has 1 aromatic heterocycles. The Morgan fingerprint density at radius 3 is 2.24 bits per heavy atom. The second kappa shape index (κ2) is 15.8. The van der Waals surface area contributed by atoms with Crippen molar-refractivity contribution in [1.82, 2.24) is 19.4 Å². The fraction of sp³-hybridized carbons (Fsp3) is 0.467. The molecule has 2 heterocycles. The summed E-state index contributed by atoms with van der Waals surface area (Å²) in [7, 11) is 5.54. The van der Waals surface area contributed by atoms with Gasteiger partial charge < -0.3 is 18.8 Å². The van der Waals surface area contributed by atoms with Crippen molar-refractivity contribution in [2.24, 2.45) is 0 Å². The molecule has 7 nitrogen and oxygen atoms in total. The van der Waals surface area contributed by atoms with Crippen LogP contribution in [0.4, 0.5) is 0 Å². The van der Waals surface area contributed by atoms with E-state index < -0.39 is 0 Å². The van der Waals surface area contributed by atoms with Crippen molar-refractivity contribution in [3.8, 4) is 22.8 Å². The van der Waals surface area contributed by atoms with E-state index in [4.69, 9.17) is 14.3 Å². The molecule has 2 aromatic carbocycles. The summed E-state index contributed by atoms with van der Waals surface area (Å²) in [5.74, 6) is 1.44. The van der Waals surface area contributed by atoms with Crippen LogP contribution in [-0.2, 0) is 11.3 Å². The molecule has 0 saturated carbocycles. The van der Waals surface area contributed by atoms with E-state index in [1.165, 1.54) is 24.8 Å². The molecule has 0 spiro atoms. The third-order valence-electron chi connectivity index (χ3n) is 6.68. The Morgan fingerprint density at radius 1 is 1.03 bits per heavy atom. The highest BCUT2D eigenvalue weighted by molar-refractivity contribution is 5.63. The van der Waals surface area contributed by atoms with Gasteiger partial charge in [-0.05, 0) is 63.7 Å². The van der Waals surface area contributed by atoms with Gasteiger partial charge >= 0.3 is 0 Å². The van der Waals surface area contributed by atoms with Crippen molar-refractivity contribution in [2.75, 3.05) is 34.4 Å². The lowest BCUT2D eigenvalue weighted by molar-refractivity contribution is -0.0980. The van der Waals surface area contributed by atoms with Gasteiger partial charge in [0.25, 0.3) is 0 Å². The van der Waals surface area contributed by atoms with E-state index in [9.17, 15) is 0 Å². The summed E-state index contributed by atoms with van der Waals surface area (Å²) in [6.07, 6.45) is 7.91. The Hall–Kier alpha value is -3.16. The highest BCUT2D eigenvalue weighted by Crippen LogP contribution is 2.32. The number of imidazole rings is 1. The maximum absolute atomic E-state index is 8.00. The first kappa shape index (κ1) is 30.1. The molecule has 0 radical (unpaired) electrons. The Balaban J connectivity index is 0.000000898. The average molecular weight is 509 g/mol. The van der Waals surface area contributed by atoms with Crippen LogP contribution in [0.15, 0.2) is 61.1 Å². The molecular weight excluding hydrogens is 464 g/mol. The van der Waals surface area contributed by atoms with Crippen molar-refractivity contribution in [3.63, 3.8) is 0 Å². The van der Waals surface area contributed by atoms with E-state index in [2.05, 4.69) is 83.7 Å². The summed E-state index contributed by atoms with van der Waals surface area (Å²) in [5.41, 5.74) is 3.35. The molecule has 202 valence electrons. The van der Waals surface area contributed by atoms with Crippen molar-refractivity contribution >= 4 is 6.79 Å². The second-order valence-electron chi connectivity index (χ2n) is 9.27. The van der Waals surface area contributed by atoms with Gasteiger partial charge in [0.1, 0.15) is 6.79 Å². The molecule has 7 heteroatoms. The smallest absolute Gasteiger partial charge is 0.161 e. The van der Waals surface area contributed by atoms with Crippen LogP contribution in [0.1, 0.15) is 51.8 Å². The average Bonchev–Trinajstić information content (AvgIpc) is 3.45. The lowest BCUT2D eigenvalue weighted by Crippen LogP contribution is -2.44. The maximum atomic E-state index is 8.00. The standard InChI is InChI=1S/C26H34N4O2.C3H8.CH2O/c1-20(28(2)23-12-14-29(15-13-23)17-21-8-6-5-7-9-21)30-18-24(27-19-30)22-10-11-25(31-3)26(16-22)32-4;1-3-2;1-2/h5-11,16,18-20,23H,12-15,17H2,1-4H3;3H2,1-2H3;1H2. The molecule has 0 bridgehead atoms. The second-order valence-corrected chi connectivity index (χ2v) is 9.27. The zero-order valence-electron chi connectivity index (χ0n) is 23.4. The molecule has 0 N–H and O–H groups in total. The number of rotatable bonds is 8. The summed E-state index contributed by atoms with van der Waals surface area (Å²) in [6, 6.07) is 17.3. The Kier molecular flexibility index (Phi) is 12.9. The van der Waals surface area contributed by atoms with Crippen LogP contribution >= 0.6 is 0 Å². The van der Waals surface area contributed by atoms with Crippen molar-refractivity contribution in [3.05, 3.63) is 66.6 Å². The molecule has 4 rings (SSSR count). The minimum Gasteiger partial charge on any atom is -0.493 e. The number of aromatic nitrogens is 2. The number of ether oxygens (including phenoxy) is 2. The Bertz CT molecular complexity index is 1030. The van der Waals surface area contributed by atoms with Crippen molar-refractivity contribution in [2.45, 2.75) is 58.8 Å². The van der Waals surface area contributed by atoms with E-state index >= 15 is 0 Å². The highest BCUT2D eigenvalue weighted by Gasteiger charge is 2.26. The zero-order chi connectivity index (χ0) is 27.2. The Labute approximate surface area is 223 Å². The van der Waals surface area contributed by atoms with Gasteiger partial charge in [-0.25, -0.2) is 4.98 Å². The lowest BCUT2D eigenvalue weighted by atomic mass is 10.0. The van der Waals surface area contributed by atoms with Gasteiger partial charge in [-0.1, -0.05) is 50.6 Å². The van der Waals surface area contributed by atoms with Crippen LogP contribution in [0.3, 0.4) is 0 Å². The van der Waals surface area contributed by atoms with Gasteiger partial charge in [0.05, 0.1) is 32.4 Å². The molecule has 0 aliphatic carbocycles. The highest BCUT2D eigenvalue weighted by atomic mass is 16.5. The number of likely N-dealkylation sites (tertiary alicyclic amines) is 1. The molecule has 1 saturated heterocycles. The third kappa shape index (κ3) is 8.44.